The zero-order valence-electron chi connectivity index (χ0n) is 13.5. The fraction of sp³-hybridized carbons (Fsp3) is 0.133. The van der Waals surface area contributed by atoms with E-state index in [0.717, 1.165) is 11.5 Å². The summed E-state index contributed by atoms with van der Waals surface area (Å²) >= 11 is 12.8. The minimum atomic E-state index is -0.751. The molecule has 134 valence electrons. The third-order valence-electron chi connectivity index (χ3n) is 3.30. The maximum atomic E-state index is 12.5. The molecule has 3 amide bonds. The smallest absolute Gasteiger partial charge is 0.326 e. The summed E-state index contributed by atoms with van der Waals surface area (Å²) < 4.78 is 9.04. The van der Waals surface area contributed by atoms with Crippen LogP contribution in [0, 0.1) is 13.8 Å². The van der Waals surface area contributed by atoms with Gasteiger partial charge >= 0.3 is 6.03 Å². The Balaban J connectivity index is 1.79. The predicted molar refractivity (Wildman–Crippen MR) is 97.8 cm³/mol. The third kappa shape index (κ3) is 3.85. The summed E-state index contributed by atoms with van der Waals surface area (Å²) in [6, 6.07) is 3.77. The van der Waals surface area contributed by atoms with E-state index in [0.29, 0.717) is 32.0 Å². The first kappa shape index (κ1) is 18.3. The van der Waals surface area contributed by atoms with Crippen LogP contribution in [0.2, 0.25) is 10.0 Å². The Kier molecular flexibility index (Phi) is 5.21. The van der Waals surface area contributed by atoms with Gasteiger partial charge in [-0.25, -0.2) is 4.79 Å². The first-order valence-corrected chi connectivity index (χ1v) is 8.72. The Bertz CT molecular complexity index is 981. The molecule has 0 aliphatic rings. The molecule has 3 rings (SSSR count). The van der Waals surface area contributed by atoms with Crippen molar-refractivity contribution < 1.29 is 14.1 Å². The van der Waals surface area contributed by atoms with Crippen LogP contribution in [0.5, 0.6) is 0 Å². The number of benzene rings is 1. The highest BCUT2D eigenvalue weighted by molar-refractivity contribution is 7.09. The number of nitrogens with zero attached hydrogens (tertiary/aromatic N) is 3. The topological polar surface area (TPSA) is 110 Å². The van der Waals surface area contributed by atoms with Gasteiger partial charge in [0, 0.05) is 15.7 Å². The van der Waals surface area contributed by atoms with E-state index in [2.05, 4.69) is 25.4 Å². The van der Waals surface area contributed by atoms with Crippen LogP contribution in [-0.2, 0) is 0 Å². The van der Waals surface area contributed by atoms with E-state index < -0.39 is 11.9 Å². The number of rotatable bonds is 3. The lowest BCUT2D eigenvalue weighted by molar-refractivity contribution is 0.0967. The summed E-state index contributed by atoms with van der Waals surface area (Å²) in [6.45, 7) is 3.33. The number of imide groups is 1. The van der Waals surface area contributed by atoms with Gasteiger partial charge in [-0.15, -0.1) is 5.10 Å². The molecule has 1 aromatic carbocycles. The van der Waals surface area contributed by atoms with Gasteiger partial charge in [-0.05, 0) is 43.6 Å². The largest absolute Gasteiger partial charge is 0.354 e. The van der Waals surface area contributed by atoms with Crippen molar-refractivity contribution in [2.24, 2.45) is 0 Å². The molecule has 0 saturated heterocycles. The number of urea groups is 1. The Morgan fingerprint density at radius 2 is 1.81 bits per heavy atom. The molecule has 11 heteroatoms. The second-order valence-corrected chi connectivity index (χ2v) is 6.85. The second-order valence-electron chi connectivity index (χ2n) is 5.23. The number of anilines is 1. The average molecular weight is 412 g/mol. The Morgan fingerprint density at radius 3 is 2.42 bits per heavy atom. The van der Waals surface area contributed by atoms with E-state index in [-0.39, 0.29) is 11.3 Å². The molecule has 2 aromatic heterocycles. The van der Waals surface area contributed by atoms with E-state index in [1.54, 1.807) is 13.8 Å². The van der Waals surface area contributed by atoms with Crippen molar-refractivity contribution in [3.05, 3.63) is 45.2 Å². The summed E-state index contributed by atoms with van der Waals surface area (Å²) in [4.78, 5) is 25.2. The van der Waals surface area contributed by atoms with Crippen molar-refractivity contribution >= 4 is 52.4 Å². The molecule has 26 heavy (non-hydrogen) atoms. The van der Waals surface area contributed by atoms with Crippen molar-refractivity contribution in [3.8, 4) is 10.6 Å². The van der Waals surface area contributed by atoms with Gasteiger partial charge in [0.25, 0.3) is 5.91 Å². The average Bonchev–Trinajstić information content (AvgIpc) is 3.11. The number of aryl methyl sites for hydroxylation is 2. The molecule has 0 bridgehead atoms. The van der Waals surface area contributed by atoms with E-state index in [1.807, 2.05) is 0 Å². The van der Waals surface area contributed by atoms with Gasteiger partial charge in [-0.2, -0.15) is 0 Å². The van der Waals surface area contributed by atoms with Crippen molar-refractivity contribution in [1.29, 1.82) is 0 Å². The van der Waals surface area contributed by atoms with Gasteiger partial charge < -0.3 is 9.84 Å². The number of hydrogen-bond donors (Lipinski definition) is 2. The molecule has 0 spiro atoms. The number of amides is 3. The molecule has 8 nitrogen and oxygen atoms in total. The van der Waals surface area contributed by atoms with Gasteiger partial charge in [0.15, 0.2) is 5.76 Å². The standard InChI is InChI=1S/C15H11Cl2N5O3S/c1-6-11(12(25-21-6)13-7(2)20-22-26-13)14(23)19-15(24)18-10-4-8(16)3-9(17)5-10/h3-5H,1-2H3,(H2,18,19,23,24). The molecule has 0 aliphatic carbocycles. The first-order valence-electron chi connectivity index (χ1n) is 7.19. The third-order valence-corrected chi connectivity index (χ3v) is 4.56. The van der Waals surface area contributed by atoms with Crippen LogP contribution in [0.3, 0.4) is 0 Å². The maximum absolute atomic E-state index is 12.5. The molecule has 3 aromatic rings. The maximum Gasteiger partial charge on any atom is 0.326 e. The van der Waals surface area contributed by atoms with E-state index >= 15 is 0 Å². The molecule has 0 radical (unpaired) electrons. The molecular formula is C15H11Cl2N5O3S. The fourth-order valence-electron chi connectivity index (χ4n) is 2.19. The SMILES string of the molecule is Cc1nnsc1-c1onc(C)c1C(=O)NC(=O)Nc1cc(Cl)cc(Cl)c1. The van der Waals surface area contributed by atoms with Crippen LogP contribution in [-0.4, -0.2) is 26.7 Å². The fourth-order valence-corrected chi connectivity index (χ4v) is 3.35. The van der Waals surface area contributed by atoms with Gasteiger partial charge in [-0.3, -0.25) is 10.1 Å². The Labute approximate surface area is 161 Å². The number of carbonyl (C=O) groups excluding carboxylic acids is 2. The highest BCUT2D eigenvalue weighted by Crippen LogP contribution is 2.30. The lowest BCUT2D eigenvalue weighted by Crippen LogP contribution is -2.34. The summed E-state index contributed by atoms with van der Waals surface area (Å²) in [5, 5.41) is 13.1. The normalized spacial score (nSPS) is 10.6. The van der Waals surface area contributed by atoms with Crippen molar-refractivity contribution in [1.82, 2.24) is 20.1 Å². The quantitative estimate of drug-likeness (QED) is 0.671. The van der Waals surface area contributed by atoms with Crippen LogP contribution in [0.25, 0.3) is 10.6 Å². The second kappa shape index (κ2) is 7.40. The van der Waals surface area contributed by atoms with Gasteiger partial charge in [0.2, 0.25) is 0 Å². The molecule has 0 atom stereocenters. The number of aromatic nitrogens is 3. The van der Waals surface area contributed by atoms with Gasteiger partial charge in [0.1, 0.15) is 10.4 Å². The Hall–Kier alpha value is -2.49. The zero-order valence-corrected chi connectivity index (χ0v) is 15.8. The van der Waals surface area contributed by atoms with E-state index in [4.69, 9.17) is 27.7 Å². The number of halogens is 2. The lowest BCUT2D eigenvalue weighted by Gasteiger charge is -2.07. The summed E-state index contributed by atoms with van der Waals surface area (Å²) in [5.41, 5.74) is 1.41. The highest BCUT2D eigenvalue weighted by atomic mass is 35.5. The molecule has 2 N–H and O–H groups in total. The van der Waals surface area contributed by atoms with E-state index in [1.165, 1.54) is 18.2 Å². The van der Waals surface area contributed by atoms with Crippen LogP contribution < -0.4 is 10.6 Å². The minimum Gasteiger partial charge on any atom is -0.354 e. The predicted octanol–water partition coefficient (Wildman–Crippen LogP) is 4.08. The molecule has 0 aliphatic heterocycles. The van der Waals surface area contributed by atoms with Crippen molar-refractivity contribution in [3.63, 3.8) is 0 Å². The first-order chi connectivity index (χ1) is 12.3. The lowest BCUT2D eigenvalue weighted by atomic mass is 10.1. The van der Waals surface area contributed by atoms with Gasteiger partial charge in [-0.1, -0.05) is 32.8 Å². The number of carbonyl (C=O) groups is 2. The molecule has 0 saturated carbocycles. The van der Waals surface area contributed by atoms with Crippen LogP contribution in [0.1, 0.15) is 21.7 Å². The van der Waals surface area contributed by atoms with Crippen LogP contribution in [0.15, 0.2) is 22.7 Å². The molecule has 0 fully saturated rings. The molecule has 0 unspecified atom stereocenters. The van der Waals surface area contributed by atoms with Crippen molar-refractivity contribution in [2.45, 2.75) is 13.8 Å². The minimum absolute atomic E-state index is 0.137. The monoisotopic (exact) mass is 411 g/mol. The van der Waals surface area contributed by atoms with Crippen LogP contribution >= 0.6 is 34.7 Å². The summed E-state index contributed by atoms with van der Waals surface area (Å²) in [6.07, 6.45) is 0. The number of nitrogens with one attached hydrogen (secondary N) is 2. The molecule has 2 heterocycles. The van der Waals surface area contributed by atoms with Gasteiger partial charge in [0.05, 0.1) is 11.4 Å². The van der Waals surface area contributed by atoms with Crippen molar-refractivity contribution in [2.75, 3.05) is 5.32 Å². The highest BCUT2D eigenvalue weighted by Gasteiger charge is 2.26. The summed E-state index contributed by atoms with van der Waals surface area (Å²) in [5.74, 6) is -0.455. The molecular weight excluding hydrogens is 401 g/mol. The van der Waals surface area contributed by atoms with Crippen LogP contribution in [0.4, 0.5) is 10.5 Å². The number of hydrogen-bond acceptors (Lipinski definition) is 7. The summed E-state index contributed by atoms with van der Waals surface area (Å²) in [7, 11) is 0. The van der Waals surface area contributed by atoms with E-state index in [9.17, 15) is 9.59 Å². The zero-order chi connectivity index (χ0) is 18.8. The Morgan fingerprint density at radius 1 is 1.12 bits per heavy atom.